The molecule has 0 radical (unpaired) electrons. The quantitative estimate of drug-likeness (QED) is 0.159. The van der Waals surface area contributed by atoms with Gasteiger partial charge in [0.1, 0.15) is 18.3 Å². The molecule has 1 N–H and O–H groups in total. The lowest BCUT2D eigenvalue weighted by atomic mass is 9.94. The first kappa shape index (κ1) is 35.2. The van der Waals surface area contributed by atoms with E-state index in [0.29, 0.717) is 5.75 Å². The van der Waals surface area contributed by atoms with Crippen molar-refractivity contribution in [2.24, 2.45) is 0 Å². The van der Waals surface area contributed by atoms with E-state index in [0.717, 1.165) is 57.6 Å². The molecule has 1 aliphatic rings. The monoisotopic (exact) mass is 731 g/mol. The number of methoxy groups -OCH3 is 1. The van der Waals surface area contributed by atoms with E-state index in [-0.39, 0.29) is 35.5 Å². The molecule has 4 aromatic carbocycles. The highest BCUT2D eigenvalue weighted by Crippen LogP contribution is 2.28. The predicted molar refractivity (Wildman–Crippen MR) is 192 cm³/mol. The van der Waals surface area contributed by atoms with E-state index in [1.165, 1.54) is 24.1 Å². The average molecular weight is 733 g/mol. The standard InChI is InChI=1S/C38H42BrN3O5S/c1-28-16-22-35(23-17-28)48(45,46)42(33-14-9-15-34(25-33)47-2)27-37(43)41(26-30-18-20-31(39)21-19-30)36(24-29-10-5-3-6-11-29)38(44)40-32-12-7-4-8-13-32/h3,5-6,9-11,14-23,25,32,36H,4,7-8,12-13,24,26-27H2,1-2H3,(H,40,44). The number of aryl methyl sites for hydroxylation is 1. The highest BCUT2D eigenvalue weighted by molar-refractivity contribution is 9.10. The van der Waals surface area contributed by atoms with Crippen LogP contribution < -0.4 is 14.4 Å². The number of nitrogens with zero attached hydrogens (tertiary/aromatic N) is 2. The van der Waals surface area contributed by atoms with Crippen molar-refractivity contribution in [3.05, 3.63) is 124 Å². The molecule has 0 aliphatic heterocycles. The molecular formula is C38H42BrN3O5S. The van der Waals surface area contributed by atoms with Crippen LogP contribution in [0.3, 0.4) is 0 Å². The molecule has 1 atom stereocenters. The Labute approximate surface area is 292 Å². The van der Waals surface area contributed by atoms with Crippen molar-refractivity contribution in [2.75, 3.05) is 18.0 Å². The Morgan fingerprint density at radius 3 is 2.23 bits per heavy atom. The second-order valence-electron chi connectivity index (χ2n) is 12.2. The molecule has 4 aromatic rings. The van der Waals surface area contributed by atoms with E-state index in [2.05, 4.69) is 21.2 Å². The molecule has 2 amide bonds. The number of hydrogen-bond acceptors (Lipinski definition) is 5. The van der Waals surface area contributed by atoms with Gasteiger partial charge < -0.3 is 15.0 Å². The van der Waals surface area contributed by atoms with Gasteiger partial charge in [-0.2, -0.15) is 0 Å². The second kappa shape index (κ2) is 16.3. The van der Waals surface area contributed by atoms with E-state index >= 15 is 0 Å². The first-order chi connectivity index (χ1) is 23.1. The van der Waals surface area contributed by atoms with Crippen molar-refractivity contribution in [3.63, 3.8) is 0 Å². The van der Waals surface area contributed by atoms with Crippen LogP contribution in [-0.2, 0) is 32.6 Å². The van der Waals surface area contributed by atoms with Gasteiger partial charge in [0.15, 0.2) is 0 Å². The molecule has 1 fully saturated rings. The number of carbonyl (C=O) groups excluding carboxylic acids is 2. The van der Waals surface area contributed by atoms with Gasteiger partial charge in [-0.25, -0.2) is 8.42 Å². The molecule has 48 heavy (non-hydrogen) atoms. The lowest BCUT2D eigenvalue weighted by Gasteiger charge is -2.35. The lowest BCUT2D eigenvalue weighted by molar-refractivity contribution is -0.140. The van der Waals surface area contributed by atoms with E-state index < -0.39 is 28.5 Å². The SMILES string of the molecule is COc1cccc(N(CC(=O)N(Cc2ccc(Br)cc2)C(Cc2ccccc2)C(=O)NC2CCCCC2)S(=O)(=O)c2ccc(C)cc2)c1. The Balaban J connectivity index is 1.57. The molecule has 0 aromatic heterocycles. The third-order valence-electron chi connectivity index (χ3n) is 8.72. The van der Waals surface area contributed by atoms with Gasteiger partial charge in [0.2, 0.25) is 11.8 Å². The highest BCUT2D eigenvalue weighted by Gasteiger charge is 2.35. The average Bonchev–Trinajstić information content (AvgIpc) is 3.10. The summed E-state index contributed by atoms with van der Waals surface area (Å²) < 4.78 is 36.0. The summed E-state index contributed by atoms with van der Waals surface area (Å²) in [6, 6.07) is 29.5. The van der Waals surface area contributed by atoms with Crippen LogP contribution in [0.1, 0.15) is 48.8 Å². The smallest absolute Gasteiger partial charge is 0.264 e. The summed E-state index contributed by atoms with van der Waals surface area (Å²) in [6.45, 7) is 1.46. The van der Waals surface area contributed by atoms with Gasteiger partial charge in [0.05, 0.1) is 17.7 Å². The minimum Gasteiger partial charge on any atom is -0.497 e. The molecule has 1 saturated carbocycles. The van der Waals surface area contributed by atoms with Gasteiger partial charge in [-0.1, -0.05) is 101 Å². The summed E-state index contributed by atoms with van der Waals surface area (Å²) in [4.78, 5) is 30.5. The Hall–Kier alpha value is -4.15. The van der Waals surface area contributed by atoms with E-state index in [1.54, 1.807) is 36.4 Å². The third kappa shape index (κ3) is 9.05. The fourth-order valence-corrected chi connectivity index (χ4v) is 7.69. The number of rotatable bonds is 13. The van der Waals surface area contributed by atoms with Crippen LogP contribution in [0.4, 0.5) is 5.69 Å². The van der Waals surface area contributed by atoms with Crippen LogP contribution in [0.5, 0.6) is 5.75 Å². The molecule has 0 bridgehead atoms. The van der Waals surface area contributed by atoms with Crippen LogP contribution in [0.2, 0.25) is 0 Å². The normalized spacial score (nSPS) is 14.1. The number of amides is 2. The molecule has 0 spiro atoms. The van der Waals surface area contributed by atoms with Crippen molar-refractivity contribution >= 4 is 43.5 Å². The first-order valence-corrected chi connectivity index (χ1v) is 18.5. The molecule has 0 heterocycles. The van der Waals surface area contributed by atoms with Crippen molar-refractivity contribution in [2.45, 2.75) is 69.0 Å². The number of anilines is 1. The van der Waals surface area contributed by atoms with Gasteiger partial charge in [-0.15, -0.1) is 0 Å². The number of sulfonamides is 1. The number of benzene rings is 4. The zero-order chi connectivity index (χ0) is 34.1. The maximum Gasteiger partial charge on any atom is 0.264 e. The number of hydrogen-bond donors (Lipinski definition) is 1. The van der Waals surface area contributed by atoms with Gasteiger partial charge in [0.25, 0.3) is 10.0 Å². The Morgan fingerprint density at radius 1 is 0.875 bits per heavy atom. The third-order valence-corrected chi connectivity index (χ3v) is 11.0. The molecule has 1 aliphatic carbocycles. The highest BCUT2D eigenvalue weighted by atomic mass is 79.9. The topological polar surface area (TPSA) is 96.0 Å². The summed E-state index contributed by atoms with van der Waals surface area (Å²) in [5.41, 5.74) is 2.89. The Morgan fingerprint density at radius 2 is 1.56 bits per heavy atom. The maximum absolute atomic E-state index is 14.7. The van der Waals surface area contributed by atoms with Gasteiger partial charge in [0, 0.05) is 29.5 Å². The molecule has 1 unspecified atom stereocenters. The van der Waals surface area contributed by atoms with Gasteiger partial charge >= 0.3 is 0 Å². The van der Waals surface area contributed by atoms with Gasteiger partial charge in [-0.3, -0.25) is 13.9 Å². The number of halogens is 1. The summed E-state index contributed by atoms with van der Waals surface area (Å²) in [5.74, 6) is -0.300. The summed E-state index contributed by atoms with van der Waals surface area (Å²) in [6.07, 6.45) is 5.28. The van der Waals surface area contributed by atoms with Crippen molar-refractivity contribution in [1.82, 2.24) is 10.2 Å². The van der Waals surface area contributed by atoms with Crippen LogP contribution in [-0.4, -0.2) is 50.9 Å². The van der Waals surface area contributed by atoms with E-state index in [1.807, 2.05) is 61.5 Å². The van der Waals surface area contributed by atoms with Crippen LogP contribution in [0.25, 0.3) is 0 Å². The van der Waals surface area contributed by atoms with E-state index in [9.17, 15) is 18.0 Å². The molecule has 252 valence electrons. The zero-order valence-electron chi connectivity index (χ0n) is 27.3. The molecule has 8 nitrogen and oxygen atoms in total. The van der Waals surface area contributed by atoms with Crippen molar-refractivity contribution in [3.8, 4) is 5.75 Å². The molecular weight excluding hydrogens is 690 g/mol. The van der Waals surface area contributed by atoms with Crippen molar-refractivity contribution in [1.29, 1.82) is 0 Å². The minimum atomic E-state index is -4.21. The molecule has 10 heteroatoms. The minimum absolute atomic E-state index is 0.0318. The number of carbonyl (C=O) groups is 2. The molecule has 5 rings (SSSR count). The van der Waals surface area contributed by atoms with Crippen molar-refractivity contribution < 1.29 is 22.7 Å². The zero-order valence-corrected chi connectivity index (χ0v) is 29.8. The fourth-order valence-electron chi connectivity index (χ4n) is 6.02. The van der Waals surface area contributed by atoms with E-state index in [4.69, 9.17) is 4.74 Å². The first-order valence-electron chi connectivity index (χ1n) is 16.3. The second-order valence-corrected chi connectivity index (χ2v) is 15.0. The summed E-state index contributed by atoms with van der Waals surface area (Å²) in [7, 11) is -2.70. The Bertz CT molecular complexity index is 1780. The number of ether oxygens (including phenoxy) is 1. The predicted octanol–water partition coefficient (Wildman–Crippen LogP) is 7.05. The summed E-state index contributed by atoms with van der Waals surface area (Å²) in [5, 5.41) is 3.24. The Kier molecular flexibility index (Phi) is 11.9. The summed E-state index contributed by atoms with van der Waals surface area (Å²) >= 11 is 3.48. The lowest BCUT2D eigenvalue weighted by Crippen LogP contribution is -2.55. The van der Waals surface area contributed by atoms with Gasteiger partial charge in [-0.05, 0) is 67.3 Å². The van der Waals surface area contributed by atoms with Crippen LogP contribution >= 0.6 is 15.9 Å². The maximum atomic E-state index is 14.7. The number of nitrogens with one attached hydrogen (secondary N) is 1. The van der Waals surface area contributed by atoms with Crippen LogP contribution in [0, 0.1) is 6.92 Å². The largest absolute Gasteiger partial charge is 0.497 e. The fraction of sp³-hybridized carbons (Fsp3) is 0.316. The molecule has 0 saturated heterocycles. The van der Waals surface area contributed by atoms with Crippen LogP contribution in [0.15, 0.2) is 112 Å².